The molecular weight excluding hydrogens is 616 g/mol. The van der Waals surface area contributed by atoms with E-state index in [-0.39, 0.29) is 11.8 Å². The number of carbonyl (C=O) groups is 3. The Hall–Kier alpha value is -5.05. The molecule has 0 fully saturated rings. The van der Waals surface area contributed by atoms with Crippen molar-refractivity contribution in [3.63, 3.8) is 0 Å². The first-order valence-electron chi connectivity index (χ1n) is 17.0. The van der Waals surface area contributed by atoms with E-state index in [2.05, 4.69) is 48.3 Å². The fraction of sp³-hybridized carbons (Fsp3) is 0.375. The number of amides is 2. The summed E-state index contributed by atoms with van der Waals surface area (Å²) in [6.07, 6.45) is 9.73. The van der Waals surface area contributed by atoms with E-state index in [0.717, 1.165) is 46.6 Å². The van der Waals surface area contributed by atoms with Gasteiger partial charge in [0.2, 0.25) is 5.91 Å². The summed E-state index contributed by atoms with van der Waals surface area (Å²) in [6.45, 7) is 10.6. The molecule has 2 unspecified atom stereocenters. The number of aromatic nitrogens is 2. The van der Waals surface area contributed by atoms with Crippen LogP contribution in [0.1, 0.15) is 88.2 Å². The van der Waals surface area contributed by atoms with Gasteiger partial charge in [-0.05, 0) is 59.7 Å². The molecule has 0 radical (unpaired) electrons. The van der Waals surface area contributed by atoms with Crippen molar-refractivity contribution >= 4 is 17.8 Å². The number of carboxylic acids is 1. The minimum Gasteiger partial charge on any atom is -0.494 e. The van der Waals surface area contributed by atoms with Crippen LogP contribution in [0.2, 0.25) is 0 Å². The van der Waals surface area contributed by atoms with Crippen molar-refractivity contribution in [2.75, 3.05) is 6.61 Å². The molecule has 0 spiro atoms. The molecular formula is C40H48N4O5. The van der Waals surface area contributed by atoms with Crippen LogP contribution in [-0.2, 0) is 21.4 Å². The first kappa shape index (κ1) is 36.8. The molecule has 2 atom stereocenters. The Morgan fingerprint density at radius 3 is 1.98 bits per heavy atom. The van der Waals surface area contributed by atoms with Gasteiger partial charge in [-0.3, -0.25) is 14.4 Å². The number of ether oxygens (including phenoxy) is 1. The van der Waals surface area contributed by atoms with Crippen LogP contribution in [0.25, 0.3) is 22.5 Å². The van der Waals surface area contributed by atoms with E-state index in [4.69, 9.17) is 4.74 Å². The quantitative estimate of drug-likeness (QED) is 0.107. The molecule has 0 aliphatic heterocycles. The lowest BCUT2D eigenvalue weighted by molar-refractivity contribution is -0.141. The van der Waals surface area contributed by atoms with Crippen LogP contribution >= 0.6 is 0 Å². The number of unbranched alkanes of at least 4 members (excludes halogenated alkanes) is 4. The van der Waals surface area contributed by atoms with Crippen LogP contribution < -0.4 is 15.4 Å². The van der Waals surface area contributed by atoms with Gasteiger partial charge in [-0.1, -0.05) is 102 Å². The molecule has 1 aromatic heterocycles. The average molecular weight is 665 g/mol. The maximum atomic E-state index is 13.2. The second kappa shape index (κ2) is 17.4. The fourth-order valence-electron chi connectivity index (χ4n) is 5.24. The molecule has 3 aromatic carbocycles. The zero-order valence-electron chi connectivity index (χ0n) is 29.2. The highest BCUT2D eigenvalue weighted by Gasteiger charge is 2.25. The number of rotatable bonds is 16. The number of nitrogens with zero attached hydrogens (tertiary/aromatic N) is 2. The Morgan fingerprint density at radius 1 is 0.776 bits per heavy atom. The number of benzene rings is 3. The lowest BCUT2D eigenvalue weighted by Crippen LogP contribution is -2.51. The highest BCUT2D eigenvalue weighted by Crippen LogP contribution is 2.24. The zero-order chi connectivity index (χ0) is 35.4. The highest BCUT2D eigenvalue weighted by atomic mass is 16.5. The SMILES string of the molecule is CCCCCCCOc1ccc(-c2cnc(-c3ccc(CC(NC(=O)c4ccc(C(C)(C)C)cc4)C(=O)NC(C)C(=O)O)cc3)nc2)cc1. The van der Waals surface area contributed by atoms with E-state index in [1.807, 2.05) is 60.7 Å². The summed E-state index contributed by atoms with van der Waals surface area (Å²) < 4.78 is 5.88. The van der Waals surface area contributed by atoms with Crippen molar-refractivity contribution in [3.05, 3.63) is 102 Å². The molecule has 0 bridgehead atoms. The first-order chi connectivity index (χ1) is 23.4. The number of carboxylic acid groups (broad SMARTS) is 1. The second-order valence-electron chi connectivity index (χ2n) is 13.4. The summed E-state index contributed by atoms with van der Waals surface area (Å²) in [5.41, 5.74) is 4.86. The van der Waals surface area contributed by atoms with E-state index in [1.165, 1.54) is 32.6 Å². The van der Waals surface area contributed by atoms with Crippen LogP contribution in [0.5, 0.6) is 5.75 Å². The lowest BCUT2D eigenvalue weighted by Gasteiger charge is -2.21. The molecule has 0 saturated heterocycles. The number of nitrogens with one attached hydrogen (secondary N) is 2. The summed E-state index contributed by atoms with van der Waals surface area (Å²) in [5, 5.41) is 14.6. The van der Waals surface area contributed by atoms with Crippen molar-refractivity contribution < 1.29 is 24.2 Å². The number of hydrogen-bond donors (Lipinski definition) is 3. The smallest absolute Gasteiger partial charge is 0.325 e. The minimum absolute atomic E-state index is 0.0711. The number of hydrogen-bond acceptors (Lipinski definition) is 6. The van der Waals surface area contributed by atoms with E-state index in [1.54, 1.807) is 24.5 Å². The van der Waals surface area contributed by atoms with Crippen LogP contribution in [0.4, 0.5) is 0 Å². The van der Waals surface area contributed by atoms with Crippen molar-refractivity contribution in [2.24, 2.45) is 0 Å². The molecule has 49 heavy (non-hydrogen) atoms. The molecule has 9 heteroatoms. The predicted molar refractivity (Wildman–Crippen MR) is 192 cm³/mol. The fourth-order valence-corrected chi connectivity index (χ4v) is 5.24. The van der Waals surface area contributed by atoms with Gasteiger partial charge in [0.05, 0.1) is 6.61 Å². The Bertz CT molecular complexity index is 1660. The third-order valence-corrected chi connectivity index (χ3v) is 8.37. The van der Waals surface area contributed by atoms with Gasteiger partial charge in [0.25, 0.3) is 5.91 Å². The van der Waals surface area contributed by atoms with Gasteiger partial charge in [-0.2, -0.15) is 0 Å². The molecule has 0 aliphatic rings. The maximum Gasteiger partial charge on any atom is 0.325 e. The van der Waals surface area contributed by atoms with Gasteiger partial charge in [-0.25, -0.2) is 9.97 Å². The molecule has 258 valence electrons. The van der Waals surface area contributed by atoms with E-state index >= 15 is 0 Å². The van der Waals surface area contributed by atoms with Crippen LogP contribution in [-0.4, -0.2) is 51.5 Å². The number of carbonyl (C=O) groups excluding carboxylic acids is 2. The third kappa shape index (κ3) is 11.0. The molecule has 4 aromatic rings. The monoisotopic (exact) mass is 664 g/mol. The summed E-state index contributed by atoms with van der Waals surface area (Å²) in [4.78, 5) is 46.9. The average Bonchev–Trinajstić information content (AvgIpc) is 3.09. The minimum atomic E-state index is -1.17. The van der Waals surface area contributed by atoms with Crippen molar-refractivity contribution in [1.29, 1.82) is 0 Å². The van der Waals surface area contributed by atoms with Crippen molar-refractivity contribution in [3.8, 4) is 28.3 Å². The van der Waals surface area contributed by atoms with Crippen LogP contribution in [0, 0.1) is 0 Å². The van der Waals surface area contributed by atoms with E-state index in [0.29, 0.717) is 11.4 Å². The predicted octanol–water partition coefficient (Wildman–Crippen LogP) is 7.39. The van der Waals surface area contributed by atoms with E-state index in [9.17, 15) is 19.5 Å². The van der Waals surface area contributed by atoms with Gasteiger partial charge in [-0.15, -0.1) is 0 Å². The lowest BCUT2D eigenvalue weighted by atomic mass is 9.86. The Kier molecular flexibility index (Phi) is 13.0. The molecule has 3 N–H and O–H groups in total. The van der Waals surface area contributed by atoms with Gasteiger partial charge >= 0.3 is 5.97 Å². The Morgan fingerprint density at radius 2 is 1.39 bits per heavy atom. The largest absolute Gasteiger partial charge is 0.494 e. The molecule has 9 nitrogen and oxygen atoms in total. The van der Waals surface area contributed by atoms with Gasteiger partial charge in [0.15, 0.2) is 5.82 Å². The molecule has 0 saturated carbocycles. The molecule has 2 amide bonds. The first-order valence-corrected chi connectivity index (χ1v) is 17.0. The topological polar surface area (TPSA) is 131 Å². The van der Waals surface area contributed by atoms with Crippen LogP contribution in [0.3, 0.4) is 0 Å². The Balaban J connectivity index is 1.40. The van der Waals surface area contributed by atoms with E-state index < -0.39 is 29.9 Å². The second-order valence-corrected chi connectivity index (χ2v) is 13.4. The molecule has 0 aliphatic carbocycles. The zero-order valence-corrected chi connectivity index (χ0v) is 29.2. The highest BCUT2D eigenvalue weighted by molar-refractivity contribution is 5.98. The van der Waals surface area contributed by atoms with Crippen molar-refractivity contribution in [1.82, 2.24) is 20.6 Å². The van der Waals surface area contributed by atoms with Crippen molar-refractivity contribution in [2.45, 2.75) is 90.6 Å². The molecule has 4 rings (SSSR count). The van der Waals surface area contributed by atoms with Gasteiger partial charge in [0.1, 0.15) is 17.8 Å². The summed E-state index contributed by atoms with van der Waals surface area (Å²) in [7, 11) is 0. The number of aliphatic carboxylic acids is 1. The maximum absolute atomic E-state index is 13.2. The summed E-state index contributed by atoms with van der Waals surface area (Å²) in [6, 6.07) is 20.5. The Labute approximate surface area is 289 Å². The molecule has 1 heterocycles. The summed E-state index contributed by atoms with van der Waals surface area (Å²) >= 11 is 0. The van der Waals surface area contributed by atoms with Crippen LogP contribution in [0.15, 0.2) is 85.2 Å². The standard InChI is InChI=1S/C40H48N4O5/c1-6-7-8-9-10-23-49-34-21-17-29(18-22-34)32-25-41-36(42-26-32)30-13-11-28(12-14-30)24-35(38(46)43-27(2)39(47)48)44-37(45)31-15-19-33(20-16-31)40(3,4)5/h11-22,25-27,35H,6-10,23-24H2,1-5H3,(H,43,46)(H,44,45)(H,47,48). The summed E-state index contributed by atoms with van der Waals surface area (Å²) in [5.74, 6) is -0.772. The van der Waals surface area contributed by atoms with Gasteiger partial charge in [0, 0.05) is 35.5 Å². The normalized spacial score (nSPS) is 12.5. The third-order valence-electron chi connectivity index (χ3n) is 8.37. The van der Waals surface area contributed by atoms with Gasteiger partial charge < -0.3 is 20.5 Å².